The number of aromatic nitrogens is 6. The van der Waals surface area contributed by atoms with Crippen molar-refractivity contribution < 1.29 is 15.0 Å². The van der Waals surface area contributed by atoms with Gasteiger partial charge >= 0.3 is 186 Å². The fraction of sp³-hybridized carbons (Fsp3) is 0.435. The number of hydrogen-bond donors (Lipinski definition) is 0. The molecule has 0 aliphatic rings. The molecule has 0 saturated carbocycles. The van der Waals surface area contributed by atoms with Gasteiger partial charge in [0.15, 0.2) is 0 Å². The Morgan fingerprint density at radius 2 is 1.13 bits per heavy atom. The van der Waals surface area contributed by atoms with Crippen LogP contribution in [0.2, 0.25) is 0 Å². The molecule has 0 bridgehead atoms. The van der Waals surface area contributed by atoms with Gasteiger partial charge in [0.2, 0.25) is 0 Å². The third kappa shape index (κ3) is 4.23. The normalized spacial score (nSPS) is 12.7. The molecule has 6 nitrogen and oxygen atoms in total. The Morgan fingerprint density at radius 1 is 0.767 bits per heavy atom. The van der Waals surface area contributed by atoms with Gasteiger partial charge in [-0.05, 0) is 0 Å². The fourth-order valence-corrected chi connectivity index (χ4v) is 4.50. The quantitative estimate of drug-likeness (QED) is 0.339. The van der Waals surface area contributed by atoms with Crippen molar-refractivity contribution in [3.8, 4) is 0 Å². The average Bonchev–Trinajstić information content (AvgIpc) is 3.46. The molecule has 0 aliphatic heterocycles. The summed E-state index contributed by atoms with van der Waals surface area (Å²) >= 11 is 0.263. The zero-order valence-electron chi connectivity index (χ0n) is 18.7. The maximum atomic E-state index is 4.97. The summed E-state index contributed by atoms with van der Waals surface area (Å²) in [7, 11) is 0. The number of rotatable bonds is 9. The van der Waals surface area contributed by atoms with Crippen LogP contribution in [0.1, 0.15) is 76.4 Å². The van der Waals surface area contributed by atoms with E-state index in [0.29, 0.717) is 17.8 Å². The standard InChI is InChI=1S/C19H27N6.C4H5.Mn/c1-13(2)16-7-10-23(20-16)19(24-11-8-17(21-24)14(3)4)25-12-9-18(22-25)15(5)6;1-3-4-2;/h7-15H,1-6H3;1,3-4H,2H2;. The Hall–Kier alpha value is -2.37. The van der Waals surface area contributed by atoms with Crippen molar-refractivity contribution in [2.75, 3.05) is 0 Å². The van der Waals surface area contributed by atoms with Crippen LogP contribution < -0.4 is 0 Å². The van der Waals surface area contributed by atoms with Gasteiger partial charge in [-0.2, -0.15) is 0 Å². The van der Waals surface area contributed by atoms with Gasteiger partial charge in [-0.25, -0.2) is 0 Å². The summed E-state index contributed by atoms with van der Waals surface area (Å²) in [6, 6.07) is 6.25. The van der Waals surface area contributed by atoms with Crippen LogP contribution in [0, 0.1) is 0 Å². The van der Waals surface area contributed by atoms with Gasteiger partial charge in [-0.1, -0.05) is 0 Å². The predicted octanol–water partition coefficient (Wildman–Crippen LogP) is 5.09. The zero-order valence-corrected chi connectivity index (χ0v) is 19.9. The van der Waals surface area contributed by atoms with Crippen molar-refractivity contribution in [1.29, 1.82) is 0 Å². The third-order valence-electron chi connectivity index (χ3n) is 4.90. The van der Waals surface area contributed by atoms with Gasteiger partial charge in [-0.15, -0.1) is 0 Å². The van der Waals surface area contributed by atoms with E-state index in [-0.39, 0.29) is 15.0 Å². The average molecular weight is 447 g/mol. The molecule has 0 aromatic carbocycles. The van der Waals surface area contributed by atoms with Gasteiger partial charge < -0.3 is 0 Å². The van der Waals surface area contributed by atoms with Crippen molar-refractivity contribution in [3.63, 3.8) is 0 Å². The molecule has 3 aromatic heterocycles. The summed E-state index contributed by atoms with van der Waals surface area (Å²) in [5.74, 6) is 1.01. The van der Waals surface area contributed by atoms with Gasteiger partial charge in [0.05, 0.1) is 0 Å². The van der Waals surface area contributed by atoms with Crippen molar-refractivity contribution in [1.82, 2.24) is 29.3 Å². The van der Waals surface area contributed by atoms with Crippen LogP contribution in [-0.2, 0) is 19.6 Å². The van der Waals surface area contributed by atoms with E-state index in [1.165, 1.54) is 0 Å². The second-order valence-electron chi connectivity index (χ2n) is 8.24. The topological polar surface area (TPSA) is 53.5 Å². The molecule has 0 N–H and O–H groups in total. The Labute approximate surface area is 185 Å². The maximum absolute atomic E-state index is 4.97. The van der Waals surface area contributed by atoms with E-state index in [4.69, 9.17) is 15.3 Å². The molecule has 3 aromatic rings. The summed E-state index contributed by atoms with van der Waals surface area (Å²) < 4.78 is 5.27. The molecular weight excluding hydrogens is 415 g/mol. The minimum absolute atomic E-state index is 0.263. The van der Waals surface area contributed by atoms with E-state index in [0.717, 1.165) is 17.1 Å². The Kier molecular flexibility index (Phi) is 6.84. The molecule has 161 valence electrons. The first-order valence-electron chi connectivity index (χ1n) is 10.4. The van der Waals surface area contributed by atoms with E-state index in [1.807, 2.05) is 38.7 Å². The molecule has 0 atom stereocenters. The first-order chi connectivity index (χ1) is 14.3. The first-order valence-corrected chi connectivity index (χ1v) is 11.7. The van der Waals surface area contributed by atoms with Crippen LogP contribution in [-0.4, -0.2) is 29.3 Å². The number of nitrogens with zero attached hydrogens (tertiary/aromatic N) is 6. The molecular formula is C23H32MnN6. The molecule has 0 aliphatic carbocycles. The zero-order chi connectivity index (χ0) is 21.9. The van der Waals surface area contributed by atoms with Crippen molar-refractivity contribution in [2.45, 2.75) is 64.0 Å². The number of hydrogen-bond acceptors (Lipinski definition) is 3. The van der Waals surface area contributed by atoms with E-state index < -0.39 is 4.69 Å². The molecule has 0 fully saturated rings. The van der Waals surface area contributed by atoms with Gasteiger partial charge in [0.25, 0.3) is 0 Å². The molecule has 0 spiro atoms. The Morgan fingerprint density at radius 3 is 1.40 bits per heavy atom. The van der Waals surface area contributed by atoms with E-state index in [9.17, 15) is 0 Å². The molecule has 30 heavy (non-hydrogen) atoms. The first kappa shape index (κ1) is 22.3. The number of allylic oxidation sites excluding steroid dienone is 2. The van der Waals surface area contributed by atoms with Gasteiger partial charge in [0.1, 0.15) is 0 Å². The summed E-state index contributed by atoms with van der Waals surface area (Å²) in [4.78, 5) is 2.13. The van der Waals surface area contributed by atoms with Gasteiger partial charge in [-0.3, -0.25) is 0 Å². The predicted molar refractivity (Wildman–Crippen MR) is 117 cm³/mol. The van der Waals surface area contributed by atoms with Gasteiger partial charge in [0, 0.05) is 0 Å². The van der Waals surface area contributed by atoms with Crippen LogP contribution in [0.4, 0.5) is 0 Å². The summed E-state index contributed by atoms with van der Waals surface area (Å²) in [6.45, 7) is 16.8. The SMILES string of the molecule is C=CC=[CH][Mn][C](n1ccc(C(C)C)n1)(n1ccc(C(C)C)n1)n1ccc(C(C)C)n1. The van der Waals surface area contributed by atoms with Crippen molar-refractivity contribution in [3.05, 3.63) is 77.6 Å². The third-order valence-corrected chi connectivity index (χ3v) is 6.59. The second-order valence-corrected chi connectivity index (χ2v) is 9.76. The van der Waals surface area contributed by atoms with E-state index in [1.54, 1.807) is 6.08 Å². The van der Waals surface area contributed by atoms with Crippen LogP contribution in [0.15, 0.2) is 60.5 Å². The van der Waals surface area contributed by atoms with Crippen molar-refractivity contribution >= 4 is 0 Å². The summed E-state index contributed by atoms with van der Waals surface area (Å²) in [5.41, 5.74) is 3.14. The van der Waals surface area contributed by atoms with Crippen LogP contribution in [0.25, 0.3) is 0 Å². The summed E-state index contributed by atoms with van der Waals surface area (Å²) in [6.07, 6.45) is 9.89. The molecule has 0 amide bonds. The molecule has 0 unspecified atom stereocenters. The molecule has 0 radical (unpaired) electrons. The minimum atomic E-state index is -0.740. The fourth-order valence-electron chi connectivity index (χ4n) is 3.05. The van der Waals surface area contributed by atoms with Crippen LogP contribution in [0.3, 0.4) is 0 Å². The summed E-state index contributed by atoms with van der Waals surface area (Å²) in [5, 5.41) is 14.9. The molecule has 0 saturated heterocycles. The molecule has 3 rings (SSSR count). The van der Waals surface area contributed by atoms with Crippen molar-refractivity contribution in [2.24, 2.45) is 0 Å². The van der Waals surface area contributed by atoms with E-state index >= 15 is 0 Å². The monoisotopic (exact) mass is 447 g/mol. The van der Waals surface area contributed by atoms with Crippen LogP contribution >= 0.6 is 0 Å². The van der Waals surface area contributed by atoms with E-state index in [2.05, 4.69) is 71.3 Å². The Bertz CT molecular complexity index is 892. The second kappa shape index (κ2) is 9.19. The molecule has 7 heteroatoms. The molecule has 3 heterocycles. The van der Waals surface area contributed by atoms with Crippen LogP contribution in [0.5, 0.6) is 0 Å². The Balaban J connectivity index is 2.27.